The summed E-state index contributed by atoms with van der Waals surface area (Å²) in [6.07, 6.45) is 15.0. The molecule has 0 aliphatic heterocycles. The van der Waals surface area contributed by atoms with Gasteiger partial charge in [0.25, 0.3) is 0 Å². The number of amides is 4. The highest BCUT2D eigenvalue weighted by atomic mass is 16.2. The minimum atomic E-state index is -0.312. The fourth-order valence-electron chi connectivity index (χ4n) is 7.39. The molecule has 58 heavy (non-hydrogen) atoms. The summed E-state index contributed by atoms with van der Waals surface area (Å²) in [5.74, 6) is 1.65. The molecule has 1 aromatic heterocycles. The number of urea groups is 1. The van der Waals surface area contributed by atoms with Gasteiger partial charge in [-0.05, 0) is 121 Å². The SMILES string of the molecule is CCCCC(CC)Cn1cc[n+](CC(CC)CCCC)c1C(=O)Nc1ccc(Cc2ccc(NC(=O)Nc3ccc(Cc4ccc(NC(C)=O)cc4)cc3)cc2)cc1. The molecule has 0 fully saturated rings. The first-order valence-electron chi connectivity index (χ1n) is 21.3. The molecule has 5 rings (SSSR count). The predicted molar refractivity (Wildman–Crippen MR) is 238 cm³/mol. The van der Waals surface area contributed by atoms with Gasteiger partial charge >= 0.3 is 17.8 Å². The fraction of sp³-hybridized carbons (Fsp3) is 0.388. The van der Waals surface area contributed by atoms with E-state index in [2.05, 4.69) is 82.6 Å². The van der Waals surface area contributed by atoms with Crippen molar-refractivity contribution in [1.82, 2.24) is 4.57 Å². The molecule has 0 bridgehead atoms. The maximum atomic E-state index is 14.0. The van der Waals surface area contributed by atoms with Crippen molar-refractivity contribution in [2.45, 2.75) is 112 Å². The van der Waals surface area contributed by atoms with Gasteiger partial charge in [-0.2, -0.15) is 0 Å². The summed E-state index contributed by atoms with van der Waals surface area (Å²) in [5.41, 5.74) is 7.44. The molecular formula is C49H63N6O3+. The number of carbonyl (C=O) groups is 3. The first-order chi connectivity index (χ1) is 28.2. The van der Waals surface area contributed by atoms with Gasteiger partial charge in [0.05, 0.1) is 13.1 Å². The number of anilines is 4. The number of imidazole rings is 1. The summed E-state index contributed by atoms with van der Waals surface area (Å²) < 4.78 is 4.36. The third kappa shape index (κ3) is 13.5. The van der Waals surface area contributed by atoms with Gasteiger partial charge in [0, 0.05) is 29.7 Å². The van der Waals surface area contributed by atoms with Crippen LogP contribution in [0.5, 0.6) is 0 Å². The molecule has 306 valence electrons. The Labute approximate surface area is 345 Å². The van der Waals surface area contributed by atoms with E-state index >= 15 is 0 Å². The van der Waals surface area contributed by atoms with Crippen LogP contribution in [0, 0.1) is 11.8 Å². The molecule has 0 radical (unpaired) electrons. The van der Waals surface area contributed by atoms with Crippen LogP contribution in [0.3, 0.4) is 0 Å². The molecule has 0 saturated carbocycles. The van der Waals surface area contributed by atoms with Crippen molar-refractivity contribution >= 4 is 40.6 Å². The highest BCUT2D eigenvalue weighted by molar-refractivity contribution is 6.01. The summed E-state index contributed by atoms with van der Waals surface area (Å²) in [5, 5.41) is 11.8. The molecule has 0 saturated heterocycles. The Morgan fingerprint density at radius 2 is 0.983 bits per heavy atom. The molecule has 2 atom stereocenters. The molecular weight excluding hydrogens is 721 g/mol. The molecule has 0 aliphatic carbocycles. The molecule has 9 heteroatoms. The van der Waals surface area contributed by atoms with Crippen molar-refractivity contribution in [3.8, 4) is 0 Å². The monoisotopic (exact) mass is 783 g/mol. The highest BCUT2D eigenvalue weighted by Gasteiger charge is 2.28. The van der Waals surface area contributed by atoms with E-state index in [1.54, 1.807) is 0 Å². The third-order valence-corrected chi connectivity index (χ3v) is 10.9. The quantitative estimate of drug-likeness (QED) is 0.0557. The lowest BCUT2D eigenvalue weighted by atomic mass is 9.99. The van der Waals surface area contributed by atoms with Crippen molar-refractivity contribution in [3.05, 3.63) is 138 Å². The van der Waals surface area contributed by atoms with Crippen LogP contribution in [-0.2, 0) is 30.7 Å². The largest absolute Gasteiger partial charge is 0.348 e. The second-order valence-corrected chi connectivity index (χ2v) is 15.6. The van der Waals surface area contributed by atoms with E-state index in [0.717, 1.165) is 78.2 Å². The van der Waals surface area contributed by atoms with Crippen molar-refractivity contribution in [2.75, 3.05) is 21.3 Å². The number of rotatable bonds is 21. The van der Waals surface area contributed by atoms with Crippen LogP contribution in [-0.4, -0.2) is 22.4 Å². The first-order valence-corrected chi connectivity index (χ1v) is 21.3. The molecule has 0 spiro atoms. The molecule has 4 N–H and O–H groups in total. The van der Waals surface area contributed by atoms with Crippen molar-refractivity contribution in [2.24, 2.45) is 11.8 Å². The maximum absolute atomic E-state index is 14.0. The minimum absolute atomic E-state index is 0.0688. The van der Waals surface area contributed by atoms with Crippen LogP contribution in [0.15, 0.2) is 109 Å². The highest BCUT2D eigenvalue weighted by Crippen LogP contribution is 2.21. The molecule has 0 aliphatic rings. The summed E-state index contributed by atoms with van der Waals surface area (Å²) in [4.78, 5) is 38.0. The molecule has 4 aromatic carbocycles. The van der Waals surface area contributed by atoms with E-state index in [4.69, 9.17) is 0 Å². The number of aromatic nitrogens is 2. The van der Waals surface area contributed by atoms with Gasteiger partial charge in [-0.3, -0.25) is 9.59 Å². The maximum Gasteiger partial charge on any atom is 0.348 e. The molecule has 1 heterocycles. The zero-order valence-corrected chi connectivity index (χ0v) is 35.2. The number of nitrogens with zero attached hydrogens (tertiary/aromatic N) is 2. The zero-order valence-electron chi connectivity index (χ0n) is 35.2. The number of hydrogen-bond acceptors (Lipinski definition) is 3. The standard InChI is InChI=1S/C49H62N6O3/c1-6-10-12-37(8-3)34-54-30-31-55(35-38(9-4)13-11-7-2)48(54)47(57)51-44-24-16-40(17-25-44)33-42-20-28-46(29-21-42)53-49(58)52-45-26-18-41(19-27-45)32-39-14-22-43(23-15-39)50-36(5)56/h14-31,37-38H,6-13,32-35H2,1-5H3,(H3-,50,51,52,53,56,57,58)/p+1. The fourth-order valence-corrected chi connectivity index (χ4v) is 7.39. The first kappa shape index (κ1) is 43.4. The van der Waals surface area contributed by atoms with E-state index in [0.29, 0.717) is 23.2 Å². The van der Waals surface area contributed by atoms with Gasteiger partial charge in [0.15, 0.2) is 0 Å². The lowest BCUT2D eigenvalue weighted by molar-refractivity contribution is -0.704. The normalized spacial score (nSPS) is 12.1. The van der Waals surface area contributed by atoms with E-state index in [-0.39, 0.29) is 17.8 Å². The van der Waals surface area contributed by atoms with Crippen LogP contribution < -0.4 is 25.8 Å². The van der Waals surface area contributed by atoms with Crippen LogP contribution in [0.4, 0.5) is 27.5 Å². The van der Waals surface area contributed by atoms with Crippen molar-refractivity contribution in [3.63, 3.8) is 0 Å². The Morgan fingerprint density at radius 3 is 1.40 bits per heavy atom. The average Bonchev–Trinajstić information content (AvgIpc) is 3.62. The summed E-state index contributed by atoms with van der Waals surface area (Å²) in [7, 11) is 0. The Bertz CT molecular complexity index is 2000. The summed E-state index contributed by atoms with van der Waals surface area (Å²) >= 11 is 0. The van der Waals surface area contributed by atoms with E-state index in [1.807, 2.05) is 84.9 Å². The zero-order chi connectivity index (χ0) is 41.3. The van der Waals surface area contributed by atoms with E-state index in [1.165, 1.54) is 45.4 Å². The Hall–Kier alpha value is -5.70. The average molecular weight is 784 g/mol. The van der Waals surface area contributed by atoms with Gasteiger partial charge in [-0.1, -0.05) is 102 Å². The Kier molecular flexibility index (Phi) is 16.7. The van der Waals surface area contributed by atoms with Crippen LogP contribution in [0.2, 0.25) is 0 Å². The van der Waals surface area contributed by atoms with Crippen LogP contribution >= 0.6 is 0 Å². The topological polar surface area (TPSA) is 108 Å². The lowest BCUT2D eigenvalue weighted by Crippen LogP contribution is -2.44. The molecule has 5 aromatic rings. The smallest absolute Gasteiger partial charge is 0.326 e. The number of nitrogens with one attached hydrogen (secondary N) is 4. The number of hydrogen-bond donors (Lipinski definition) is 4. The van der Waals surface area contributed by atoms with E-state index < -0.39 is 0 Å². The van der Waals surface area contributed by atoms with Gasteiger partial charge in [0.2, 0.25) is 5.91 Å². The number of unbranched alkanes of at least 4 members (excludes halogenated alkanes) is 2. The second-order valence-electron chi connectivity index (χ2n) is 15.6. The van der Waals surface area contributed by atoms with Crippen molar-refractivity contribution < 1.29 is 19.0 Å². The van der Waals surface area contributed by atoms with Gasteiger partial charge in [-0.25, -0.2) is 13.9 Å². The van der Waals surface area contributed by atoms with Crippen LogP contribution in [0.1, 0.15) is 119 Å². The molecule has 9 nitrogen and oxygen atoms in total. The second kappa shape index (κ2) is 22.3. The molecule has 2 unspecified atom stereocenters. The minimum Gasteiger partial charge on any atom is -0.326 e. The van der Waals surface area contributed by atoms with Crippen LogP contribution in [0.25, 0.3) is 0 Å². The van der Waals surface area contributed by atoms with Gasteiger partial charge < -0.3 is 21.3 Å². The Morgan fingerprint density at radius 1 is 0.569 bits per heavy atom. The Balaban J connectivity index is 1.14. The molecule has 4 amide bonds. The van der Waals surface area contributed by atoms with E-state index in [9.17, 15) is 14.4 Å². The predicted octanol–water partition coefficient (Wildman–Crippen LogP) is 11.2. The van der Waals surface area contributed by atoms with Gasteiger partial charge in [0.1, 0.15) is 12.4 Å². The summed E-state index contributed by atoms with van der Waals surface area (Å²) in [6, 6.07) is 31.2. The number of benzene rings is 4. The summed E-state index contributed by atoms with van der Waals surface area (Å²) in [6.45, 7) is 12.2. The van der Waals surface area contributed by atoms with Gasteiger partial charge in [-0.15, -0.1) is 0 Å². The lowest BCUT2D eigenvalue weighted by Gasteiger charge is -2.15. The van der Waals surface area contributed by atoms with Crippen molar-refractivity contribution in [1.29, 1.82) is 0 Å². The number of carbonyl (C=O) groups excluding carboxylic acids is 3. The third-order valence-electron chi connectivity index (χ3n) is 10.9.